The summed E-state index contributed by atoms with van der Waals surface area (Å²) in [7, 11) is -0.353. The molecule has 0 atom stereocenters. The number of para-hydroxylation sites is 6. The average molecular weight is 1430 g/mol. The highest BCUT2D eigenvalue weighted by Gasteiger charge is 2.51. The highest BCUT2D eigenvalue weighted by atomic mass is 79.9. The van der Waals surface area contributed by atoms with Crippen LogP contribution in [-0.4, -0.2) is 32.0 Å². The van der Waals surface area contributed by atoms with Crippen molar-refractivity contribution in [2.24, 2.45) is 0 Å². The van der Waals surface area contributed by atoms with Gasteiger partial charge in [-0.25, -0.2) is 0 Å². The molecule has 18 aromatic rings. The van der Waals surface area contributed by atoms with Gasteiger partial charge in [0.25, 0.3) is 0 Å². The van der Waals surface area contributed by atoms with Gasteiger partial charge in [0.05, 0.1) is 49.7 Å². The quantitative estimate of drug-likeness (QED) is 0.123. The predicted molar refractivity (Wildman–Crippen MR) is 423 cm³/mol. The summed E-state index contributed by atoms with van der Waals surface area (Å²) in [6.07, 6.45) is 0. The van der Waals surface area contributed by atoms with Crippen LogP contribution in [0.1, 0.15) is 27.7 Å². The highest BCUT2D eigenvalue weighted by Crippen LogP contribution is 2.42. The second kappa shape index (κ2) is 24.5. The first-order valence-electron chi connectivity index (χ1n) is 32.7. The van der Waals surface area contributed by atoms with Crippen molar-refractivity contribution in [3.63, 3.8) is 0 Å². The molecule has 1 saturated heterocycles. The molecule has 98 heavy (non-hydrogen) atoms. The van der Waals surface area contributed by atoms with Crippen LogP contribution < -0.4 is 16.3 Å². The summed E-state index contributed by atoms with van der Waals surface area (Å²) in [6.45, 7) is 8.36. The Morgan fingerprint density at radius 3 is 1.27 bits per heavy atom. The smallest absolute Gasteiger partial charge is 0.399 e. The molecule has 1 aliphatic rings. The van der Waals surface area contributed by atoms with Gasteiger partial charge in [0.15, 0.2) is 10.9 Å². The first kappa shape index (κ1) is 61.6. The maximum Gasteiger partial charge on any atom is 0.494 e. The third kappa shape index (κ3) is 10.5. The minimum atomic E-state index is -0.353. The van der Waals surface area contributed by atoms with E-state index in [-0.39, 0.29) is 29.2 Å². The zero-order chi connectivity index (χ0) is 66.6. The van der Waals surface area contributed by atoms with Gasteiger partial charge < -0.3 is 23.0 Å². The van der Waals surface area contributed by atoms with Crippen LogP contribution in [0.25, 0.3) is 145 Å². The molecule has 12 heteroatoms. The molecule has 5 aromatic heterocycles. The van der Waals surface area contributed by atoms with E-state index in [1.165, 1.54) is 59.9 Å². The van der Waals surface area contributed by atoms with Crippen LogP contribution >= 0.6 is 54.5 Å². The van der Waals surface area contributed by atoms with Gasteiger partial charge in [-0.3, -0.25) is 9.59 Å². The molecule has 0 bridgehead atoms. The van der Waals surface area contributed by atoms with E-state index < -0.39 is 0 Å². The van der Waals surface area contributed by atoms with E-state index in [1.807, 2.05) is 54.6 Å². The average Bonchev–Trinajstić information content (AvgIpc) is 1.41. The molecule has 6 heterocycles. The lowest BCUT2D eigenvalue weighted by atomic mass is 9.78. The summed E-state index contributed by atoms with van der Waals surface area (Å²) in [5.74, 6) is 0. The minimum absolute atomic E-state index is 0.0732. The maximum absolute atomic E-state index is 14.5. The van der Waals surface area contributed by atoms with Gasteiger partial charge in [-0.1, -0.05) is 174 Å². The highest BCUT2D eigenvalue weighted by molar-refractivity contribution is 9.11. The van der Waals surface area contributed by atoms with Crippen molar-refractivity contribution in [1.82, 2.24) is 13.7 Å². The van der Waals surface area contributed by atoms with E-state index in [1.54, 1.807) is 22.7 Å². The topological polar surface area (TPSA) is 67.4 Å². The molecule has 0 spiro atoms. The summed E-state index contributed by atoms with van der Waals surface area (Å²) in [5.41, 5.74) is 15.3. The van der Waals surface area contributed by atoms with Gasteiger partial charge >= 0.3 is 7.12 Å². The molecule has 0 amide bonds. The molecule has 13 aromatic carbocycles. The molecular weight excluding hydrogens is 1370 g/mol. The number of hydrogen-bond donors (Lipinski definition) is 0. The number of nitrogens with zero attached hydrogens (tertiary/aromatic N) is 3. The fourth-order valence-corrected chi connectivity index (χ4v) is 17.6. The second-order valence-corrected chi connectivity index (χ2v) is 29.8. The van der Waals surface area contributed by atoms with Crippen molar-refractivity contribution < 1.29 is 9.31 Å². The van der Waals surface area contributed by atoms with Gasteiger partial charge in [0, 0.05) is 93.3 Å². The first-order valence-corrected chi connectivity index (χ1v) is 35.9. The third-order valence-electron chi connectivity index (χ3n) is 19.6. The van der Waals surface area contributed by atoms with Crippen LogP contribution in [-0.2, 0) is 9.31 Å². The van der Waals surface area contributed by atoms with Gasteiger partial charge in [0.2, 0.25) is 0 Å². The van der Waals surface area contributed by atoms with Gasteiger partial charge in [-0.05, 0) is 205 Å². The number of benzene rings is 13. The van der Waals surface area contributed by atoms with Crippen molar-refractivity contribution in [3.8, 4) is 39.3 Å². The van der Waals surface area contributed by atoms with Crippen molar-refractivity contribution in [1.29, 1.82) is 0 Å². The Morgan fingerprint density at radius 1 is 0.327 bits per heavy atom. The maximum atomic E-state index is 14.5. The molecule has 472 valence electrons. The number of fused-ring (bicyclic) bond motifs is 13. The first-order chi connectivity index (χ1) is 47.7. The van der Waals surface area contributed by atoms with E-state index >= 15 is 0 Å². The lowest BCUT2D eigenvalue weighted by Gasteiger charge is -2.32. The summed E-state index contributed by atoms with van der Waals surface area (Å²) in [5, 5.41) is 10.3. The molecule has 19 rings (SSSR count). The summed E-state index contributed by atoms with van der Waals surface area (Å²) < 4.78 is 25.4. The Hall–Kier alpha value is -10.0. The van der Waals surface area contributed by atoms with Crippen LogP contribution in [0, 0.1) is 0 Å². The number of rotatable bonds is 6. The third-order valence-corrected chi connectivity index (χ3v) is 23.0. The number of hydrogen-bond acceptors (Lipinski definition) is 6. The largest absolute Gasteiger partial charge is 0.494 e. The molecule has 1 aliphatic heterocycles. The Labute approximate surface area is 590 Å². The minimum Gasteiger partial charge on any atom is -0.399 e. The monoisotopic (exact) mass is 1430 g/mol. The van der Waals surface area contributed by atoms with E-state index in [4.69, 9.17) is 9.31 Å². The zero-order valence-corrected chi connectivity index (χ0v) is 58.6. The van der Waals surface area contributed by atoms with Crippen LogP contribution in [0.4, 0.5) is 0 Å². The van der Waals surface area contributed by atoms with Gasteiger partial charge in [-0.15, -0.1) is 22.7 Å². The molecule has 0 saturated carbocycles. The summed E-state index contributed by atoms with van der Waals surface area (Å²) in [4.78, 5) is 26.8. The fourth-order valence-electron chi connectivity index (χ4n) is 14.1. The SMILES string of the molecule is CC1(C)OB(c2ccc3c(c2)c2ccccc2n3-c2ccccc2)OC1(C)C.O=c1c2ccc(-c3ccc4c(c3)c3ccccc3n4-c3ccccc3)cc2sc2cccc(-c3ccc4c(c3)c3ccccc3n4-c3ccccc3)c12.O=c1c2ccc(Br)cc2sc2cccc(Br)c12. The molecular formula is C86H60BBr2N3O4S2. The normalized spacial score (nSPS) is 13.6. The van der Waals surface area contributed by atoms with Crippen LogP contribution in [0.3, 0.4) is 0 Å². The van der Waals surface area contributed by atoms with Crippen LogP contribution in [0.15, 0.2) is 310 Å². The number of aromatic nitrogens is 3. The Kier molecular flexibility index (Phi) is 15.4. The van der Waals surface area contributed by atoms with Crippen molar-refractivity contribution in [2.45, 2.75) is 38.9 Å². The molecule has 0 radical (unpaired) electrons. The van der Waals surface area contributed by atoms with Crippen LogP contribution in [0.2, 0.25) is 0 Å². The number of halogens is 2. The molecule has 0 unspecified atom stereocenters. The standard InChI is InChI=1S/C49H30N2OS.C24H24BNO2.C13H6Br2OS/c52-49-39-25-22-32(31-23-26-44-40(28-31)37-16-7-9-19-42(37)50(44)34-12-3-1-4-13-34)30-47(39)53-46-21-11-18-36(48(46)49)33-24-27-45-41(29-33)38-17-8-10-20-43(38)51(45)35-14-5-2-6-15-35;1-23(2)24(3,4)28-25(27-23)17-14-15-22-20(16-17)19-12-8-9-13-21(19)26(22)18-10-6-5-7-11-18;14-7-4-5-8-11(6-7)17-10-3-1-2-9(15)12(10)13(8)16/h1-30H;5-16H,1-4H3;1-6H. The van der Waals surface area contributed by atoms with Crippen molar-refractivity contribution >= 4 is 173 Å². The van der Waals surface area contributed by atoms with E-state index in [9.17, 15) is 9.59 Å². The molecule has 7 nitrogen and oxygen atoms in total. The summed E-state index contributed by atoms with van der Waals surface area (Å²) >= 11 is 10.2. The summed E-state index contributed by atoms with van der Waals surface area (Å²) in [6, 6.07) is 101. The van der Waals surface area contributed by atoms with Gasteiger partial charge in [-0.2, -0.15) is 0 Å². The van der Waals surface area contributed by atoms with E-state index in [2.05, 4.69) is 310 Å². The zero-order valence-electron chi connectivity index (χ0n) is 53.8. The molecule has 0 N–H and O–H groups in total. The van der Waals surface area contributed by atoms with E-state index in [0.717, 1.165) is 99.6 Å². The predicted octanol–water partition coefficient (Wildman–Crippen LogP) is 23.0. The van der Waals surface area contributed by atoms with Crippen molar-refractivity contribution in [2.75, 3.05) is 0 Å². The van der Waals surface area contributed by atoms with Crippen LogP contribution in [0.5, 0.6) is 0 Å². The lowest BCUT2D eigenvalue weighted by Crippen LogP contribution is -2.41. The second-order valence-electron chi connectivity index (χ2n) is 25.9. The van der Waals surface area contributed by atoms with Gasteiger partial charge in [0.1, 0.15) is 0 Å². The lowest BCUT2D eigenvalue weighted by molar-refractivity contribution is 0.00578. The fraction of sp³-hybridized carbons (Fsp3) is 0.0698. The molecule has 0 aliphatic carbocycles. The molecule has 1 fully saturated rings. The van der Waals surface area contributed by atoms with E-state index in [0.29, 0.717) is 0 Å². The van der Waals surface area contributed by atoms with Crippen molar-refractivity contribution in [3.05, 3.63) is 321 Å². The Balaban J connectivity index is 0.000000132. The Bertz CT molecular complexity index is 6340. The Morgan fingerprint density at radius 2 is 0.724 bits per heavy atom.